The number of aliphatic hydroxyl groups excluding tert-OH is 1. The smallest absolute Gasteiger partial charge is 0.125 e. The summed E-state index contributed by atoms with van der Waals surface area (Å²) in [6.45, 7) is 2.30. The number of methoxy groups -OCH3 is 1. The largest absolute Gasteiger partial charge is 0.497 e. The molecule has 0 fully saturated rings. The van der Waals surface area contributed by atoms with E-state index in [0.29, 0.717) is 6.61 Å². The topological polar surface area (TPSA) is 38.7 Å². The van der Waals surface area contributed by atoms with Crippen LogP contribution in [0.4, 0.5) is 0 Å². The Balaban J connectivity index is 1.96. The molecular formula is C17H19BrO3. The maximum absolute atomic E-state index is 9.79. The van der Waals surface area contributed by atoms with Crippen LogP contribution in [-0.2, 0) is 6.42 Å². The van der Waals surface area contributed by atoms with E-state index in [-0.39, 0.29) is 0 Å². The zero-order chi connectivity index (χ0) is 15.2. The quantitative estimate of drug-likeness (QED) is 0.850. The Labute approximate surface area is 133 Å². The highest BCUT2D eigenvalue weighted by Crippen LogP contribution is 2.28. The molecule has 2 rings (SSSR count). The SMILES string of the molecule is COc1ccc(CCOc2ccc(Br)cc2[C@H](C)O)cc1. The lowest BCUT2D eigenvalue weighted by molar-refractivity contribution is 0.191. The number of ether oxygens (including phenoxy) is 2. The molecule has 0 saturated heterocycles. The minimum atomic E-state index is -0.557. The van der Waals surface area contributed by atoms with E-state index < -0.39 is 6.10 Å². The van der Waals surface area contributed by atoms with Gasteiger partial charge in [0.1, 0.15) is 11.5 Å². The Morgan fingerprint density at radius 2 is 1.86 bits per heavy atom. The predicted octanol–water partition coefficient (Wildman–Crippen LogP) is 4.13. The molecule has 112 valence electrons. The minimum Gasteiger partial charge on any atom is -0.497 e. The van der Waals surface area contributed by atoms with Crippen molar-refractivity contribution in [1.29, 1.82) is 0 Å². The van der Waals surface area contributed by atoms with Gasteiger partial charge in [0.05, 0.1) is 19.8 Å². The molecule has 2 aromatic carbocycles. The molecule has 1 atom stereocenters. The summed E-state index contributed by atoms with van der Waals surface area (Å²) in [5.41, 5.74) is 1.98. The van der Waals surface area contributed by atoms with Crippen molar-refractivity contribution in [3.05, 3.63) is 58.1 Å². The van der Waals surface area contributed by atoms with Gasteiger partial charge < -0.3 is 14.6 Å². The van der Waals surface area contributed by atoms with Crippen LogP contribution >= 0.6 is 15.9 Å². The molecule has 0 bridgehead atoms. The molecule has 2 aromatic rings. The first-order chi connectivity index (χ1) is 10.1. The first-order valence-corrected chi connectivity index (χ1v) is 7.62. The normalized spacial score (nSPS) is 12.0. The van der Waals surface area contributed by atoms with Crippen LogP contribution in [0.15, 0.2) is 46.9 Å². The summed E-state index contributed by atoms with van der Waals surface area (Å²) >= 11 is 3.40. The summed E-state index contributed by atoms with van der Waals surface area (Å²) in [5.74, 6) is 1.57. The van der Waals surface area contributed by atoms with Crippen LogP contribution in [0.3, 0.4) is 0 Å². The number of hydrogen-bond acceptors (Lipinski definition) is 3. The molecule has 0 aliphatic carbocycles. The summed E-state index contributed by atoms with van der Waals surface area (Å²) < 4.78 is 11.9. The van der Waals surface area contributed by atoms with Crippen LogP contribution in [0.1, 0.15) is 24.2 Å². The number of benzene rings is 2. The molecule has 4 heteroatoms. The third-order valence-electron chi connectivity index (χ3n) is 3.23. The number of hydrogen-bond donors (Lipinski definition) is 1. The molecule has 0 amide bonds. The number of rotatable bonds is 6. The van der Waals surface area contributed by atoms with Gasteiger partial charge in [0.2, 0.25) is 0 Å². The van der Waals surface area contributed by atoms with E-state index in [9.17, 15) is 5.11 Å². The van der Waals surface area contributed by atoms with Crippen molar-refractivity contribution in [1.82, 2.24) is 0 Å². The third-order valence-corrected chi connectivity index (χ3v) is 3.72. The van der Waals surface area contributed by atoms with Gasteiger partial charge in [0, 0.05) is 16.5 Å². The molecule has 0 aromatic heterocycles. The molecule has 0 spiro atoms. The van der Waals surface area contributed by atoms with Crippen LogP contribution in [-0.4, -0.2) is 18.8 Å². The highest BCUT2D eigenvalue weighted by Gasteiger charge is 2.09. The maximum atomic E-state index is 9.79. The predicted molar refractivity (Wildman–Crippen MR) is 87.0 cm³/mol. The lowest BCUT2D eigenvalue weighted by atomic mass is 10.1. The van der Waals surface area contributed by atoms with Crippen molar-refractivity contribution < 1.29 is 14.6 Å². The van der Waals surface area contributed by atoms with Gasteiger partial charge in [-0.2, -0.15) is 0 Å². The van der Waals surface area contributed by atoms with E-state index in [2.05, 4.69) is 15.9 Å². The molecular weight excluding hydrogens is 332 g/mol. The van der Waals surface area contributed by atoms with Gasteiger partial charge in [-0.3, -0.25) is 0 Å². The van der Waals surface area contributed by atoms with Crippen molar-refractivity contribution in [2.45, 2.75) is 19.4 Å². The number of halogens is 1. The fourth-order valence-corrected chi connectivity index (χ4v) is 2.43. The summed E-state index contributed by atoms with van der Waals surface area (Å²) in [4.78, 5) is 0. The molecule has 0 aliphatic rings. The van der Waals surface area contributed by atoms with Gasteiger partial charge in [-0.15, -0.1) is 0 Å². The Morgan fingerprint density at radius 1 is 1.14 bits per heavy atom. The first-order valence-electron chi connectivity index (χ1n) is 6.83. The van der Waals surface area contributed by atoms with E-state index in [1.165, 1.54) is 5.56 Å². The fraction of sp³-hybridized carbons (Fsp3) is 0.294. The summed E-state index contributed by atoms with van der Waals surface area (Å²) in [6.07, 6.45) is 0.248. The van der Waals surface area contributed by atoms with Gasteiger partial charge >= 0.3 is 0 Å². The van der Waals surface area contributed by atoms with Crippen LogP contribution < -0.4 is 9.47 Å². The summed E-state index contributed by atoms with van der Waals surface area (Å²) in [7, 11) is 1.66. The average Bonchev–Trinajstić information content (AvgIpc) is 2.49. The summed E-state index contributed by atoms with van der Waals surface area (Å²) in [5, 5.41) is 9.79. The van der Waals surface area contributed by atoms with Gasteiger partial charge in [-0.05, 0) is 42.8 Å². The van der Waals surface area contributed by atoms with Crippen molar-refractivity contribution in [2.75, 3.05) is 13.7 Å². The van der Waals surface area contributed by atoms with Crippen LogP contribution in [0.25, 0.3) is 0 Å². The van der Waals surface area contributed by atoms with Gasteiger partial charge in [0.25, 0.3) is 0 Å². The molecule has 0 aliphatic heterocycles. The first kappa shape index (κ1) is 15.9. The monoisotopic (exact) mass is 350 g/mol. The van der Waals surface area contributed by atoms with Gasteiger partial charge in [0.15, 0.2) is 0 Å². The molecule has 0 heterocycles. The van der Waals surface area contributed by atoms with E-state index in [1.807, 2.05) is 42.5 Å². The molecule has 0 radical (unpaired) electrons. The van der Waals surface area contributed by atoms with Crippen molar-refractivity contribution in [3.63, 3.8) is 0 Å². The van der Waals surface area contributed by atoms with Gasteiger partial charge in [-0.1, -0.05) is 28.1 Å². The zero-order valence-electron chi connectivity index (χ0n) is 12.2. The lowest BCUT2D eigenvalue weighted by Crippen LogP contribution is -2.05. The van der Waals surface area contributed by atoms with Crippen LogP contribution in [0.2, 0.25) is 0 Å². The van der Waals surface area contributed by atoms with E-state index in [1.54, 1.807) is 14.0 Å². The van der Waals surface area contributed by atoms with Crippen LogP contribution in [0, 0.1) is 0 Å². The maximum Gasteiger partial charge on any atom is 0.125 e. The second-order valence-corrected chi connectivity index (χ2v) is 5.72. The molecule has 0 unspecified atom stereocenters. The molecule has 21 heavy (non-hydrogen) atoms. The highest BCUT2D eigenvalue weighted by molar-refractivity contribution is 9.10. The Bertz CT molecular complexity index is 579. The van der Waals surface area contributed by atoms with Crippen molar-refractivity contribution >= 4 is 15.9 Å². The molecule has 3 nitrogen and oxygen atoms in total. The summed E-state index contributed by atoms with van der Waals surface area (Å²) in [6, 6.07) is 13.6. The van der Waals surface area contributed by atoms with E-state index in [0.717, 1.165) is 28.0 Å². The van der Waals surface area contributed by atoms with E-state index in [4.69, 9.17) is 9.47 Å². The van der Waals surface area contributed by atoms with Crippen molar-refractivity contribution in [3.8, 4) is 11.5 Å². The Hall–Kier alpha value is -1.52. The third kappa shape index (κ3) is 4.48. The minimum absolute atomic E-state index is 0.557. The second kappa shape index (κ2) is 7.48. The average molecular weight is 351 g/mol. The van der Waals surface area contributed by atoms with Gasteiger partial charge in [-0.25, -0.2) is 0 Å². The number of aliphatic hydroxyl groups is 1. The Morgan fingerprint density at radius 3 is 2.48 bits per heavy atom. The van der Waals surface area contributed by atoms with Crippen molar-refractivity contribution in [2.24, 2.45) is 0 Å². The fourth-order valence-electron chi connectivity index (χ4n) is 2.05. The molecule has 0 saturated carbocycles. The second-order valence-electron chi connectivity index (χ2n) is 4.80. The van der Waals surface area contributed by atoms with E-state index >= 15 is 0 Å². The lowest BCUT2D eigenvalue weighted by Gasteiger charge is -2.14. The zero-order valence-corrected chi connectivity index (χ0v) is 13.8. The molecule has 1 N–H and O–H groups in total. The van der Waals surface area contributed by atoms with Crippen LogP contribution in [0.5, 0.6) is 11.5 Å². The standard InChI is InChI=1S/C17H19BrO3/c1-12(19)16-11-14(18)5-8-17(16)21-10-9-13-3-6-15(20-2)7-4-13/h3-8,11-12,19H,9-10H2,1-2H3/t12-/m0/s1. The highest BCUT2D eigenvalue weighted by atomic mass is 79.9. The Kier molecular flexibility index (Phi) is 5.65.